The van der Waals surface area contributed by atoms with Crippen LogP contribution in [-0.2, 0) is 5.75 Å². The van der Waals surface area contributed by atoms with E-state index in [1.807, 2.05) is 24.9 Å². The lowest BCUT2D eigenvalue weighted by Crippen LogP contribution is -2.08. The lowest BCUT2D eigenvalue weighted by molar-refractivity contribution is 0.801. The second kappa shape index (κ2) is 4.64. The topological polar surface area (TPSA) is 37.8 Å². The molecule has 0 bridgehead atoms. The zero-order valence-electron chi connectivity index (χ0n) is 9.16. The number of nitrogens with one attached hydrogen (secondary N) is 1. The number of rotatable bonds is 3. The zero-order valence-corrected chi connectivity index (χ0v) is 9.98. The molecular formula is C10H17N3S. The minimum absolute atomic E-state index is 0.282. The highest BCUT2D eigenvalue weighted by Gasteiger charge is 2.11. The summed E-state index contributed by atoms with van der Waals surface area (Å²) in [6, 6.07) is 1.96. The van der Waals surface area contributed by atoms with Crippen LogP contribution in [0.25, 0.3) is 0 Å². The first-order chi connectivity index (χ1) is 6.51. The van der Waals surface area contributed by atoms with Crippen molar-refractivity contribution in [2.24, 2.45) is 0 Å². The molecule has 0 radical (unpaired) electrons. The maximum Gasteiger partial charge on any atom is 0.222 e. The van der Waals surface area contributed by atoms with Gasteiger partial charge in [-0.1, -0.05) is 20.8 Å². The van der Waals surface area contributed by atoms with Gasteiger partial charge in [0, 0.05) is 23.7 Å². The van der Waals surface area contributed by atoms with Gasteiger partial charge in [-0.05, 0) is 6.07 Å². The van der Waals surface area contributed by atoms with E-state index < -0.39 is 0 Å². The number of anilines is 1. The van der Waals surface area contributed by atoms with Crippen LogP contribution in [0.15, 0.2) is 12.3 Å². The van der Waals surface area contributed by atoms with E-state index in [1.165, 1.54) is 0 Å². The molecule has 0 unspecified atom stereocenters. The van der Waals surface area contributed by atoms with E-state index in [9.17, 15) is 0 Å². The molecule has 1 aromatic heterocycles. The predicted octanol–water partition coefficient (Wildman–Crippen LogP) is 2.55. The fourth-order valence-electron chi connectivity index (χ4n) is 0.887. The van der Waals surface area contributed by atoms with E-state index in [-0.39, 0.29) is 4.75 Å². The van der Waals surface area contributed by atoms with Gasteiger partial charge in [0.05, 0.1) is 5.69 Å². The van der Waals surface area contributed by atoms with E-state index in [0.29, 0.717) is 5.95 Å². The van der Waals surface area contributed by atoms with Crippen LogP contribution in [0.3, 0.4) is 0 Å². The lowest BCUT2D eigenvalue weighted by atomic mass is 10.3. The normalized spacial score (nSPS) is 11.4. The van der Waals surface area contributed by atoms with Gasteiger partial charge in [0.25, 0.3) is 0 Å². The van der Waals surface area contributed by atoms with Crippen LogP contribution in [0.1, 0.15) is 26.5 Å². The van der Waals surface area contributed by atoms with E-state index in [1.54, 1.807) is 6.20 Å². The molecule has 0 atom stereocenters. The molecule has 3 nitrogen and oxygen atoms in total. The minimum Gasteiger partial charge on any atom is -0.357 e. The Morgan fingerprint density at radius 2 is 2.14 bits per heavy atom. The second-order valence-corrected chi connectivity index (χ2v) is 5.82. The van der Waals surface area contributed by atoms with Crippen LogP contribution in [0.2, 0.25) is 0 Å². The standard InChI is InChI=1S/C10H17N3S/c1-10(2,3)14-7-8-5-6-12-9(11-4)13-8/h5-6H,7H2,1-4H3,(H,11,12,13). The number of hydrogen-bond donors (Lipinski definition) is 1. The second-order valence-electron chi connectivity index (χ2n) is 4.02. The van der Waals surface area contributed by atoms with Crippen LogP contribution in [0.5, 0.6) is 0 Å². The molecule has 0 spiro atoms. The Morgan fingerprint density at radius 1 is 1.43 bits per heavy atom. The fourth-order valence-corrected chi connectivity index (χ4v) is 1.63. The molecule has 0 aromatic carbocycles. The summed E-state index contributed by atoms with van der Waals surface area (Å²) in [7, 11) is 1.83. The van der Waals surface area contributed by atoms with Crippen LogP contribution in [0.4, 0.5) is 5.95 Å². The van der Waals surface area contributed by atoms with Gasteiger partial charge >= 0.3 is 0 Å². The summed E-state index contributed by atoms with van der Waals surface area (Å²) in [6.45, 7) is 6.62. The molecule has 0 aliphatic heterocycles. The zero-order chi connectivity index (χ0) is 10.6. The number of aromatic nitrogens is 2. The van der Waals surface area contributed by atoms with E-state index in [0.717, 1.165) is 11.4 Å². The minimum atomic E-state index is 0.282. The quantitative estimate of drug-likeness (QED) is 0.834. The molecule has 1 rings (SSSR count). The average molecular weight is 211 g/mol. The lowest BCUT2D eigenvalue weighted by Gasteiger charge is -2.16. The molecule has 4 heteroatoms. The van der Waals surface area contributed by atoms with Crippen LogP contribution < -0.4 is 5.32 Å². The van der Waals surface area contributed by atoms with Gasteiger partial charge in [0.2, 0.25) is 5.95 Å². The fraction of sp³-hybridized carbons (Fsp3) is 0.600. The summed E-state index contributed by atoms with van der Waals surface area (Å²) in [4.78, 5) is 8.42. The molecule has 0 amide bonds. The van der Waals surface area contributed by atoms with Crippen molar-refractivity contribution in [1.82, 2.24) is 9.97 Å². The van der Waals surface area contributed by atoms with Gasteiger partial charge in [0.1, 0.15) is 0 Å². The maximum atomic E-state index is 4.35. The molecule has 78 valence electrons. The Morgan fingerprint density at radius 3 is 2.71 bits per heavy atom. The van der Waals surface area contributed by atoms with E-state index >= 15 is 0 Å². The van der Waals surface area contributed by atoms with Crippen molar-refractivity contribution < 1.29 is 0 Å². The molecule has 0 fully saturated rings. The molecule has 0 aliphatic rings. The van der Waals surface area contributed by atoms with Gasteiger partial charge in [-0.25, -0.2) is 9.97 Å². The molecule has 1 N–H and O–H groups in total. The first-order valence-corrected chi connectivity index (χ1v) is 5.63. The summed E-state index contributed by atoms with van der Waals surface area (Å²) in [5.74, 6) is 1.62. The molecule has 1 heterocycles. The molecule has 1 aromatic rings. The van der Waals surface area contributed by atoms with Crippen LogP contribution >= 0.6 is 11.8 Å². The molecular weight excluding hydrogens is 194 g/mol. The Bertz CT molecular complexity index is 294. The SMILES string of the molecule is CNc1nccc(CSC(C)(C)C)n1. The summed E-state index contributed by atoms with van der Waals surface area (Å²) in [5.41, 5.74) is 1.07. The Hall–Kier alpha value is -0.770. The third kappa shape index (κ3) is 3.96. The van der Waals surface area contributed by atoms with E-state index in [4.69, 9.17) is 0 Å². The average Bonchev–Trinajstić information content (AvgIpc) is 2.14. The highest BCUT2D eigenvalue weighted by atomic mass is 32.2. The van der Waals surface area contributed by atoms with Crippen LogP contribution in [-0.4, -0.2) is 21.8 Å². The molecule has 0 aliphatic carbocycles. The van der Waals surface area contributed by atoms with Gasteiger partial charge in [0.15, 0.2) is 0 Å². The summed E-state index contributed by atoms with van der Waals surface area (Å²) < 4.78 is 0.282. The third-order valence-corrected chi connectivity index (χ3v) is 2.90. The van der Waals surface area contributed by atoms with Crippen LogP contribution in [0, 0.1) is 0 Å². The Kier molecular flexibility index (Phi) is 3.75. The first-order valence-electron chi connectivity index (χ1n) is 4.65. The largest absolute Gasteiger partial charge is 0.357 e. The highest BCUT2D eigenvalue weighted by Crippen LogP contribution is 2.26. The molecule has 14 heavy (non-hydrogen) atoms. The first kappa shape index (κ1) is 11.3. The Balaban J connectivity index is 2.59. The monoisotopic (exact) mass is 211 g/mol. The van der Waals surface area contributed by atoms with Crippen molar-refractivity contribution in [3.63, 3.8) is 0 Å². The number of nitrogens with zero attached hydrogens (tertiary/aromatic N) is 2. The van der Waals surface area contributed by atoms with Crippen molar-refractivity contribution in [3.8, 4) is 0 Å². The van der Waals surface area contributed by atoms with Crippen molar-refractivity contribution in [2.75, 3.05) is 12.4 Å². The van der Waals surface area contributed by atoms with E-state index in [2.05, 4.69) is 36.1 Å². The predicted molar refractivity (Wildman–Crippen MR) is 62.6 cm³/mol. The smallest absolute Gasteiger partial charge is 0.222 e. The maximum absolute atomic E-state index is 4.35. The van der Waals surface area contributed by atoms with Gasteiger partial charge in [-0.3, -0.25) is 0 Å². The summed E-state index contributed by atoms with van der Waals surface area (Å²) in [5, 5.41) is 2.93. The van der Waals surface area contributed by atoms with Crippen molar-refractivity contribution in [3.05, 3.63) is 18.0 Å². The van der Waals surface area contributed by atoms with Crippen molar-refractivity contribution >= 4 is 17.7 Å². The summed E-state index contributed by atoms with van der Waals surface area (Å²) >= 11 is 1.89. The van der Waals surface area contributed by atoms with Gasteiger partial charge in [-0.15, -0.1) is 11.8 Å². The third-order valence-electron chi connectivity index (χ3n) is 1.59. The number of thioether (sulfide) groups is 1. The van der Waals surface area contributed by atoms with Crippen molar-refractivity contribution in [2.45, 2.75) is 31.3 Å². The molecule has 0 saturated carbocycles. The highest BCUT2D eigenvalue weighted by molar-refractivity contribution is 7.99. The van der Waals surface area contributed by atoms with Gasteiger partial charge < -0.3 is 5.32 Å². The van der Waals surface area contributed by atoms with Gasteiger partial charge in [-0.2, -0.15) is 0 Å². The summed E-state index contributed by atoms with van der Waals surface area (Å²) in [6.07, 6.45) is 1.79. The number of hydrogen-bond acceptors (Lipinski definition) is 4. The molecule has 0 saturated heterocycles. The Labute approximate surface area is 89.7 Å². The van der Waals surface area contributed by atoms with Crippen molar-refractivity contribution in [1.29, 1.82) is 0 Å².